The minimum absolute atomic E-state index is 0.00378. The van der Waals surface area contributed by atoms with Crippen molar-refractivity contribution in [2.45, 2.75) is 37.2 Å². The van der Waals surface area contributed by atoms with Crippen molar-refractivity contribution in [3.63, 3.8) is 0 Å². The van der Waals surface area contributed by atoms with Crippen molar-refractivity contribution >= 4 is 17.7 Å². The van der Waals surface area contributed by atoms with E-state index in [1.807, 2.05) is 0 Å². The number of hydrogen-bond acceptors (Lipinski definition) is 5. The van der Waals surface area contributed by atoms with Gasteiger partial charge < -0.3 is 9.64 Å². The predicted molar refractivity (Wildman–Crippen MR) is 95.4 cm³/mol. The van der Waals surface area contributed by atoms with E-state index in [9.17, 15) is 14.0 Å². The summed E-state index contributed by atoms with van der Waals surface area (Å²) in [6, 6.07) is 6.37. The number of aromatic amines is 1. The standard InChI is InChI=1S/C17H21FN4O3S/c1-21(9-12-5-2-3-7-14(12)18)15(23)11-26-17-20-19-16(24)22(17)10-13-6-4-8-25-13/h2-3,5,7,13H,4,6,8-11H2,1H3,(H,19,24). The zero-order valence-electron chi connectivity index (χ0n) is 14.5. The van der Waals surface area contributed by atoms with E-state index < -0.39 is 0 Å². The number of aromatic nitrogens is 3. The van der Waals surface area contributed by atoms with Crippen LogP contribution in [0.3, 0.4) is 0 Å². The van der Waals surface area contributed by atoms with Crippen molar-refractivity contribution in [3.05, 3.63) is 46.1 Å². The van der Waals surface area contributed by atoms with Crippen LogP contribution in [-0.2, 0) is 22.6 Å². The van der Waals surface area contributed by atoms with E-state index in [4.69, 9.17) is 4.74 Å². The predicted octanol–water partition coefficient (Wildman–Crippen LogP) is 1.64. The number of amides is 1. The number of ether oxygens (including phenoxy) is 1. The highest BCUT2D eigenvalue weighted by molar-refractivity contribution is 7.99. The molecule has 1 aromatic carbocycles. The van der Waals surface area contributed by atoms with Crippen LogP contribution in [0.2, 0.25) is 0 Å². The Morgan fingerprint density at radius 1 is 1.50 bits per heavy atom. The molecule has 0 aliphatic carbocycles. The Labute approximate surface area is 154 Å². The van der Waals surface area contributed by atoms with Crippen LogP contribution in [0.1, 0.15) is 18.4 Å². The zero-order chi connectivity index (χ0) is 18.5. The number of benzene rings is 1. The summed E-state index contributed by atoms with van der Waals surface area (Å²) in [7, 11) is 1.62. The lowest BCUT2D eigenvalue weighted by molar-refractivity contribution is -0.127. The topological polar surface area (TPSA) is 80.2 Å². The molecule has 1 aliphatic heterocycles. The van der Waals surface area contributed by atoms with Gasteiger partial charge >= 0.3 is 5.69 Å². The van der Waals surface area contributed by atoms with Crippen LogP contribution in [0.25, 0.3) is 0 Å². The maximum atomic E-state index is 13.7. The highest BCUT2D eigenvalue weighted by Gasteiger charge is 2.20. The first kappa shape index (κ1) is 18.7. The lowest BCUT2D eigenvalue weighted by Crippen LogP contribution is -2.29. The summed E-state index contributed by atoms with van der Waals surface area (Å²) in [5.74, 6) is -0.393. The fourth-order valence-corrected chi connectivity index (χ4v) is 3.67. The molecule has 1 unspecified atom stereocenters. The Hall–Kier alpha value is -2.13. The molecule has 1 fully saturated rings. The quantitative estimate of drug-likeness (QED) is 0.739. The van der Waals surface area contributed by atoms with Gasteiger partial charge in [-0.2, -0.15) is 0 Å². The van der Waals surface area contributed by atoms with Crippen LogP contribution in [0.4, 0.5) is 4.39 Å². The van der Waals surface area contributed by atoms with Crippen LogP contribution < -0.4 is 5.69 Å². The fraction of sp³-hybridized carbons (Fsp3) is 0.471. The molecule has 0 radical (unpaired) electrons. The van der Waals surface area contributed by atoms with Gasteiger partial charge in [0.05, 0.1) is 18.4 Å². The molecule has 9 heteroatoms. The summed E-state index contributed by atoms with van der Waals surface area (Å²) < 4.78 is 20.8. The molecule has 0 bridgehead atoms. The molecule has 1 atom stereocenters. The van der Waals surface area contributed by atoms with Gasteiger partial charge in [-0.05, 0) is 18.9 Å². The lowest BCUT2D eigenvalue weighted by Gasteiger charge is -2.17. The number of thioether (sulfide) groups is 1. The van der Waals surface area contributed by atoms with Gasteiger partial charge in [-0.3, -0.25) is 9.36 Å². The first-order valence-electron chi connectivity index (χ1n) is 8.41. The summed E-state index contributed by atoms with van der Waals surface area (Å²) >= 11 is 1.18. The summed E-state index contributed by atoms with van der Waals surface area (Å²) in [6.07, 6.45) is 1.90. The largest absolute Gasteiger partial charge is 0.376 e. The number of H-pyrrole nitrogens is 1. The van der Waals surface area contributed by atoms with E-state index in [1.165, 1.54) is 27.3 Å². The lowest BCUT2D eigenvalue weighted by atomic mass is 10.2. The Balaban J connectivity index is 1.57. The normalized spacial score (nSPS) is 16.8. The Morgan fingerprint density at radius 3 is 3.04 bits per heavy atom. The molecule has 7 nitrogen and oxygen atoms in total. The van der Waals surface area contributed by atoms with Gasteiger partial charge in [0.15, 0.2) is 5.16 Å². The maximum absolute atomic E-state index is 13.7. The smallest absolute Gasteiger partial charge is 0.344 e. The molecule has 3 rings (SSSR count). The number of nitrogens with zero attached hydrogens (tertiary/aromatic N) is 3. The summed E-state index contributed by atoms with van der Waals surface area (Å²) in [4.78, 5) is 25.7. The highest BCUT2D eigenvalue weighted by Crippen LogP contribution is 2.19. The first-order valence-corrected chi connectivity index (χ1v) is 9.40. The second-order valence-corrected chi connectivity index (χ2v) is 7.13. The van der Waals surface area contributed by atoms with Crippen molar-refractivity contribution < 1.29 is 13.9 Å². The van der Waals surface area contributed by atoms with E-state index in [0.717, 1.165) is 12.8 Å². The number of hydrogen-bond donors (Lipinski definition) is 1. The van der Waals surface area contributed by atoms with Crippen molar-refractivity contribution in [1.29, 1.82) is 0 Å². The molecule has 1 amide bonds. The summed E-state index contributed by atoms with van der Waals surface area (Å²) in [6.45, 7) is 1.32. The van der Waals surface area contributed by atoms with Crippen molar-refractivity contribution in [2.75, 3.05) is 19.4 Å². The van der Waals surface area contributed by atoms with Crippen LogP contribution >= 0.6 is 11.8 Å². The Morgan fingerprint density at radius 2 is 2.31 bits per heavy atom. The van der Waals surface area contributed by atoms with Gasteiger partial charge in [0, 0.05) is 25.8 Å². The van der Waals surface area contributed by atoms with Gasteiger partial charge in [0.25, 0.3) is 0 Å². The second kappa shape index (κ2) is 8.50. The molecule has 0 saturated carbocycles. The number of halogens is 1. The van der Waals surface area contributed by atoms with E-state index in [-0.39, 0.29) is 35.8 Å². The molecule has 2 heterocycles. The number of carbonyl (C=O) groups is 1. The molecule has 1 aromatic heterocycles. The number of carbonyl (C=O) groups excluding carboxylic acids is 1. The third-order valence-corrected chi connectivity index (χ3v) is 5.21. The molecule has 1 aliphatic rings. The highest BCUT2D eigenvalue weighted by atomic mass is 32.2. The van der Waals surface area contributed by atoms with Gasteiger partial charge in [-0.25, -0.2) is 14.3 Å². The fourth-order valence-electron chi connectivity index (χ4n) is 2.77. The zero-order valence-corrected chi connectivity index (χ0v) is 15.3. The van der Waals surface area contributed by atoms with E-state index >= 15 is 0 Å². The van der Waals surface area contributed by atoms with Crippen molar-refractivity contribution in [2.24, 2.45) is 0 Å². The molecule has 140 valence electrons. The third kappa shape index (κ3) is 4.53. The monoisotopic (exact) mass is 380 g/mol. The third-order valence-electron chi connectivity index (χ3n) is 4.25. The maximum Gasteiger partial charge on any atom is 0.344 e. The summed E-state index contributed by atoms with van der Waals surface area (Å²) in [5, 5.41) is 6.86. The van der Waals surface area contributed by atoms with E-state index in [1.54, 1.807) is 25.2 Å². The van der Waals surface area contributed by atoms with Gasteiger partial charge in [0.2, 0.25) is 5.91 Å². The van der Waals surface area contributed by atoms with Crippen LogP contribution in [0.15, 0.2) is 34.2 Å². The molecule has 1 N–H and O–H groups in total. The number of rotatable bonds is 7. The average molecular weight is 380 g/mol. The van der Waals surface area contributed by atoms with Crippen molar-refractivity contribution in [1.82, 2.24) is 19.7 Å². The van der Waals surface area contributed by atoms with Crippen molar-refractivity contribution in [3.8, 4) is 0 Å². The molecule has 26 heavy (non-hydrogen) atoms. The Kier molecular flexibility index (Phi) is 6.10. The molecular weight excluding hydrogens is 359 g/mol. The van der Waals surface area contributed by atoms with Gasteiger partial charge in [-0.1, -0.05) is 30.0 Å². The van der Waals surface area contributed by atoms with E-state index in [2.05, 4.69) is 10.2 Å². The second-order valence-electron chi connectivity index (χ2n) is 6.19. The molecule has 2 aromatic rings. The van der Waals surface area contributed by atoms with E-state index in [0.29, 0.717) is 23.9 Å². The minimum atomic E-state index is -0.336. The van der Waals surface area contributed by atoms with Gasteiger partial charge in [-0.15, -0.1) is 5.10 Å². The summed E-state index contributed by atoms with van der Waals surface area (Å²) in [5.41, 5.74) is 0.151. The molecule has 0 spiro atoms. The molecular formula is C17H21FN4O3S. The SMILES string of the molecule is CN(Cc1ccccc1F)C(=O)CSc1n[nH]c(=O)n1CC1CCCO1. The molecule has 1 saturated heterocycles. The number of nitrogens with one attached hydrogen (secondary N) is 1. The minimum Gasteiger partial charge on any atom is -0.376 e. The average Bonchev–Trinajstić information content (AvgIpc) is 3.26. The van der Waals surface area contributed by atoms with Crippen LogP contribution in [-0.4, -0.2) is 51.1 Å². The van der Waals surface area contributed by atoms with Crippen LogP contribution in [0.5, 0.6) is 0 Å². The van der Waals surface area contributed by atoms with Crippen LogP contribution in [0, 0.1) is 5.82 Å². The Bertz CT molecular complexity index is 816. The van der Waals surface area contributed by atoms with Gasteiger partial charge in [0.1, 0.15) is 5.82 Å². The first-order chi connectivity index (χ1) is 12.5.